The average molecular weight is 545 g/mol. The van der Waals surface area contributed by atoms with Crippen molar-refractivity contribution < 1.29 is 17.8 Å². The lowest BCUT2D eigenvalue weighted by Gasteiger charge is -2.45. The van der Waals surface area contributed by atoms with Crippen molar-refractivity contribution in [3.63, 3.8) is 0 Å². The molecule has 0 unspecified atom stereocenters. The summed E-state index contributed by atoms with van der Waals surface area (Å²) in [4.78, 5) is 20.9. The second-order valence-corrected chi connectivity index (χ2v) is 13.8. The van der Waals surface area contributed by atoms with E-state index in [0.717, 1.165) is 27.8 Å². The number of thiazole rings is 1. The van der Waals surface area contributed by atoms with Crippen LogP contribution in [-0.2, 0) is 21.3 Å². The van der Waals surface area contributed by atoms with E-state index in [0.29, 0.717) is 37.2 Å². The maximum absolute atomic E-state index is 14.2. The summed E-state index contributed by atoms with van der Waals surface area (Å²) in [6.45, 7) is 2.77. The fourth-order valence-electron chi connectivity index (χ4n) is 6.01. The highest BCUT2D eigenvalue weighted by molar-refractivity contribution is 7.91. The number of amides is 1. The number of aromatic nitrogens is 1. The third-order valence-corrected chi connectivity index (χ3v) is 11.6. The third-order valence-electron chi connectivity index (χ3n) is 8.32. The van der Waals surface area contributed by atoms with E-state index < -0.39 is 27.3 Å². The molecular formula is C27H30F2N4O2S2. The molecule has 2 saturated carbocycles. The zero-order valence-electron chi connectivity index (χ0n) is 20.9. The van der Waals surface area contributed by atoms with Gasteiger partial charge < -0.3 is 4.90 Å². The first kappa shape index (κ1) is 24.9. The molecule has 3 aromatic rings. The molecule has 1 aliphatic heterocycles. The molecule has 3 aliphatic rings. The smallest absolute Gasteiger partial charge is 0.254 e. The topological polar surface area (TPSA) is 65.9 Å². The number of nitrogens with zero attached hydrogens (tertiary/aromatic N) is 4. The van der Waals surface area contributed by atoms with Crippen molar-refractivity contribution in [1.29, 1.82) is 0 Å². The summed E-state index contributed by atoms with van der Waals surface area (Å²) in [6, 6.07) is 12.5. The normalized spacial score (nSPS) is 28.1. The highest BCUT2D eigenvalue weighted by Gasteiger charge is 2.76. The van der Waals surface area contributed by atoms with Crippen LogP contribution in [0.25, 0.3) is 10.2 Å². The molecule has 0 N–H and O–H groups in total. The molecule has 2 atom stereocenters. The van der Waals surface area contributed by atoms with Crippen LogP contribution < -0.4 is 0 Å². The molecule has 1 saturated heterocycles. The van der Waals surface area contributed by atoms with Crippen molar-refractivity contribution in [2.75, 3.05) is 13.6 Å². The van der Waals surface area contributed by atoms with Crippen LogP contribution in [-0.4, -0.2) is 55.9 Å². The lowest BCUT2D eigenvalue weighted by Crippen LogP contribution is -2.55. The minimum atomic E-state index is -2.98. The number of rotatable bonds is 6. The van der Waals surface area contributed by atoms with E-state index in [1.54, 1.807) is 26.1 Å². The van der Waals surface area contributed by atoms with Crippen molar-refractivity contribution in [3.8, 4) is 0 Å². The van der Waals surface area contributed by atoms with Crippen molar-refractivity contribution in [3.05, 3.63) is 59.1 Å². The number of alkyl halides is 2. The van der Waals surface area contributed by atoms with Crippen LogP contribution in [0.3, 0.4) is 0 Å². The van der Waals surface area contributed by atoms with Crippen molar-refractivity contribution in [2.45, 2.75) is 68.5 Å². The number of hydrogen-bond acceptors (Lipinski definition) is 5. The second-order valence-electron chi connectivity index (χ2n) is 10.6. The molecular weight excluding hydrogens is 514 g/mol. The Bertz CT molecular complexity index is 1470. The van der Waals surface area contributed by atoms with Gasteiger partial charge in [-0.15, -0.1) is 11.3 Å². The Kier molecular flexibility index (Phi) is 5.93. The van der Waals surface area contributed by atoms with E-state index in [-0.39, 0.29) is 18.4 Å². The van der Waals surface area contributed by atoms with Gasteiger partial charge in [0.1, 0.15) is 16.0 Å². The zero-order chi connectivity index (χ0) is 26.0. The summed E-state index contributed by atoms with van der Waals surface area (Å²) in [6.07, 6.45) is 1.81. The minimum Gasteiger partial charge on any atom is -0.334 e. The number of carbonyl (C=O) groups excluding carboxylic acids is 1. The van der Waals surface area contributed by atoms with Crippen LogP contribution in [0.2, 0.25) is 0 Å². The molecule has 1 aromatic heterocycles. The molecule has 6 nitrogen and oxygen atoms in total. The van der Waals surface area contributed by atoms with E-state index in [2.05, 4.69) is 9.35 Å². The fraction of sp³-hybridized carbons (Fsp3) is 0.481. The lowest BCUT2D eigenvalue weighted by atomic mass is 9.75. The fourth-order valence-corrected chi connectivity index (χ4v) is 8.77. The van der Waals surface area contributed by atoms with E-state index in [1.807, 2.05) is 49.4 Å². The number of benzene rings is 2. The first-order valence-corrected chi connectivity index (χ1v) is 15.0. The van der Waals surface area contributed by atoms with Crippen LogP contribution in [0.1, 0.15) is 43.2 Å². The summed E-state index contributed by atoms with van der Waals surface area (Å²) < 4.78 is 49.4. The summed E-state index contributed by atoms with van der Waals surface area (Å²) in [5.74, 6) is -2.78. The molecule has 2 aromatic carbocycles. The van der Waals surface area contributed by atoms with E-state index >= 15 is 0 Å². The molecule has 3 fully saturated rings. The summed E-state index contributed by atoms with van der Waals surface area (Å²) in [7, 11) is -1.45. The van der Waals surface area contributed by atoms with Gasteiger partial charge in [0.25, 0.3) is 5.92 Å². The monoisotopic (exact) mass is 544 g/mol. The number of carbonyl (C=O) groups is 1. The first-order valence-electron chi connectivity index (χ1n) is 12.6. The molecule has 1 amide bonds. The molecule has 2 heterocycles. The van der Waals surface area contributed by atoms with Crippen molar-refractivity contribution in [1.82, 2.24) is 14.2 Å². The Balaban J connectivity index is 1.31. The number of aryl methyl sites for hydroxylation is 1. The standard InChI is InChI=1S/C27H30F2N4O2S2/c1-18-5-8-21(9-6-18)37(35,30-2)33-11-3-4-23(33)25(34)32(20-13-26(14-20)16-27(26,28)29)15-19-7-10-24-22(12-19)31-17-36-24/h5-10,12,17,20,23H,3-4,11,13-16H2,1-2H3/t20?,23-,26?,37+/m0/s1. The Morgan fingerprint density at radius 2 is 1.97 bits per heavy atom. The van der Waals surface area contributed by atoms with Gasteiger partial charge in [-0.2, -0.15) is 0 Å². The van der Waals surface area contributed by atoms with Crippen LogP contribution in [0.15, 0.2) is 57.2 Å². The van der Waals surface area contributed by atoms with Gasteiger partial charge in [0.05, 0.1) is 20.6 Å². The molecule has 37 heavy (non-hydrogen) atoms. The lowest BCUT2D eigenvalue weighted by molar-refractivity contribution is -0.143. The predicted octanol–water partition coefficient (Wildman–Crippen LogP) is 5.66. The maximum Gasteiger partial charge on any atom is 0.254 e. The van der Waals surface area contributed by atoms with Crippen molar-refractivity contribution >= 4 is 37.4 Å². The SMILES string of the molecule is CN=[S@](=O)(c1ccc(C)cc1)N1CCC[C@H]1C(=O)N(Cc1ccc2scnc2c1)C1CC2(C1)CC2(F)F. The Morgan fingerprint density at radius 1 is 1.24 bits per heavy atom. The summed E-state index contributed by atoms with van der Waals surface area (Å²) in [5, 5.41) is 0. The van der Waals surface area contributed by atoms with Gasteiger partial charge in [0.2, 0.25) is 5.91 Å². The van der Waals surface area contributed by atoms with E-state index in [4.69, 9.17) is 0 Å². The molecule has 0 bridgehead atoms. The van der Waals surface area contributed by atoms with Gasteiger partial charge in [-0.05, 0) is 62.4 Å². The predicted molar refractivity (Wildman–Crippen MR) is 141 cm³/mol. The van der Waals surface area contributed by atoms with Gasteiger partial charge in [-0.25, -0.2) is 26.6 Å². The Labute approximate surface area is 220 Å². The largest absolute Gasteiger partial charge is 0.334 e. The second kappa shape index (κ2) is 8.81. The summed E-state index contributed by atoms with van der Waals surface area (Å²) in [5.41, 5.74) is 3.67. The van der Waals surface area contributed by atoms with Gasteiger partial charge in [0.15, 0.2) is 0 Å². The quantitative estimate of drug-likeness (QED) is 0.402. The van der Waals surface area contributed by atoms with Gasteiger partial charge in [-0.1, -0.05) is 23.8 Å². The van der Waals surface area contributed by atoms with Gasteiger partial charge in [-0.3, -0.25) is 4.79 Å². The van der Waals surface area contributed by atoms with Crippen LogP contribution in [0, 0.1) is 12.3 Å². The zero-order valence-corrected chi connectivity index (χ0v) is 22.5. The molecule has 2 aliphatic carbocycles. The minimum absolute atomic E-state index is 0.0885. The molecule has 1 spiro atoms. The van der Waals surface area contributed by atoms with E-state index in [1.165, 1.54) is 7.05 Å². The highest BCUT2D eigenvalue weighted by Crippen LogP contribution is 2.71. The Morgan fingerprint density at radius 3 is 2.65 bits per heavy atom. The summed E-state index contributed by atoms with van der Waals surface area (Å²) >= 11 is 1.55. The molecule has 10 heteroatoms. The van der Waals surface area contributed by atoms with Gasteiger partial charge in [0, 0.05) is 38.0 Å². The number of halogens is 2. The Hall–Kier alpha value is -2.43. The molecule has 0 radical (unpaired) electrons. The highest BCUT2D eigenvalue weighted by atomic mass is 32.2. The average Bonchev–Trinajstić information content (AvgIpc) is 3.27. The molecule has 196 valence electrons. The third kappa shape index (κ3) is 4.08. The van der Waals surface area contributed by atoms with Crippen LogP contribution in [0.5, 0.6) is 0 Å². The number of fused-ring (bicyclic) bond motifs is 1. The van der Waals surface area contributed by atoms with Crippen LogP contribution in [0.4, 0.5) is 8.78 Å². The van der Waals surface area contributed by atoms with E-state index in [9.17, 15) is 17.8 Å². The van der Waals surface area contributed by atoms with Gasteiger partial charge >= 0.3 is 0 Å². The maximum atomic E-state index is 14.2. The first-order chi connectivity index (χ1) is 17.7. The van der Waals surface area contributed by atoms with Crippen LogP contribution >= 0.6 is 11.3 Å². The molecule has 6 rings (SSSR count). The number of hydrogen-bond donors (Lipinski definition) is 0. The van der Waals surface area contributed by atoms with Crippen molar-refractivity contribution in [2.24, 2.45) is 9.78 Å².